The molecule has 0 amide bonds. The maximum Gasteiger partial charge on any atom is 0.0540 e. The fourth-order valence-electron chi connectivity index (χ4n) is 0.702. The van der Waals surface area contributed by atoms with Crippen LogP contribution in [0.4, 0.5) is 0 Å². The minimum Gasteiger partial charge on any atom is -0.411 e. The van der Waals surface area contributed by atoms with E-state index in [1.54, 1.807) is 0 Å². The van der Waals surface area contributed by atoms with Crippen LogP contribution in [0.25, 0.3) is 0 Å². The van der Waals surface area contributed by atoms with Crippen LogP contribution in [0.15, 0.2) is 5.16 Å². The molecular weight excluding hydrogens is 150 g/mol. The van der Waals surface area contributed by atoms with Gasteiger partial charge in [0.2, 0.25) is 0 Å². The fraction of sp³-hybridized carbons (Fsp3) is 0.857. The van der Waals surface area contributed by atoms with E-state index in [4.69, 9.17) is 16.8 Å². The Morgan fingerprint density at radius 2 is 2.10 bits per heavy atom. The van der Waals surface area contributed by atoms with Gasteiger partial charge < -0.3 is 5.21 Å². The second-order valence-electron chi connectivity index (χ2n) is 2.33. The summed E-state index contributed by atoms with van der Waals surface area (Å²) in [5, 5.41) is 11.3. The molecule has 0 saturated carbocycles. The molecule has 60 valence electrons. The van der Waals surface area contributed by atoms with Crippen LogP contribution in [0.3, 0.4) is 0 Å². The predicted octanol–water partition coefficient (Wildman–Crippen LogP) is 2.64. The minimum absolute atomic E-state index is 0.731. The minimum atomic E-state index is 0.731. The van der Waals surface area contributed by atoms with Gasteiger partial charge in [0.15, 0.2) is 0 Å². The summed E-state index contributed by atoms with van der Waals surface area (Å²) in [4.78, 5) is 0. The molecule has 0 aliphatic carbocycles. The normalized spacial score (nSPS) is 12.0. The van der Waals surface area contributed by atoms with Crippen LogP contribution in [0.5, 0.6) is 0 Å². The average Bonchev–Trinajstić information content (AvgIpc) is 1.98. The second-order valence-corrected chi connectivity index (χ2v) is 2.71. The molecule has 0 saturated heterocycles. The van der Waals surface area contributed by atoms with Crippen molar-refractivity contribution in [1.29, 1.82) is 0 Å². The molecule has 0 radical (unpaired) electrons. The Hall–Kier alpha value is -0.240. The smallest absolute Gasteiger partial charge is 0.0540 e. The van der Waals surface area contributed by atoms with E-state index < -0.39 is 0 Å². The van der Waals surface area contributed by atoms with Gasteiger partial charge >= 0.3 is 0 Å². The number of alkyl halides is 1. The Morgan fingerprint density at radius 3 is 2.60 bits per heavy atom. The lowest BCUT2D eigenvalue weighted by Crippen LogP contribution is -1.90. The molecule has 0 rings (SSSR count). The Kier molecular flexibility index (Phi) is 6.71. The summed E-state index contributed by atoms with van der Waals surface area (Å²) in [6.45, 7) is 1.82. The molecule has 10 heavy (non-hydrogen) atoms. The standard InChI is InChI=1S/C7H14ClNO/c1-7(9-10)5-3-2-4-6-8/h10H,2-6H2,1H3/b9-7+. The van der Waals surface area contributed by atoms with Crippen molar-refractivity contribution in [1.82, 2.24) is 0 Å². The van der Waals surface area contributed by atoms with E-state index in [-0.39, 0.29) is 0 Å². The first-order valence-corrected chi connectivity index (χ1v) is 4.08. The van der Waals surface area contributed by atoms with E-state index in [0.29, 0.717) is 0 Å². The number of unbranched alkanes of at least 4 members (excludes halogenated alkanes) is 2. The van der Waals surface area contributed by atoms with Crippen molar-refractivity contribution in [3.63, 3.8) is 0 Å². The van der Waals surface area contributed by atoms with E-state index in [9.17, 15) is 0 Å². The van der Waals surface area contributed by atoms with Crippen molar-refractivity contribution in [2.24, 2.45) is 5.16 Å². The highest BCUT2D eigenvalue weighted by Gasteiger charge is 1.91. The van der Waals surface area contributed by atoms with Gasteiger partial charge in [0.05, 0.1) is 5.71 Å². The largest absolute Gasteiger partial charge is 0.411 e. The zero-order valence-corrected chi connectivity index (χ0v) is 7.06. The highest BCUT2D eigenvalue weighted by atomic mass is 35.5. The lowest BCUT2D eigenvalue weighted by atomic mass is 10.1. The molecule has 0 atom stereocenters. The van der Waals surface area contributed by atoms with Crippen LogP contribution in [0.1, 0.15) is 32.6 Å². The van der Waals surface area contributed by atoms with E-state index in [1.165, 1.54) is 0 Å². The van der Waals surface area contributed by atoms with Crippen molar-refractivity contribution < 1.29 is 5.21 Å². The van der Waals surface area contributed by atoms with Gasteiger partial charge in [0.1, 0.15) is 0 Å². The SMILES string of the molecule is C/C(CCCCCCl)=N\O. The Balaban J connectivity index is 3.04. The quantitative estimate of drug-likeness (QED) is 0.218. The van der Waals surface area contributed by atoms with Gasteiger partial charge in [0.25, 0.3) is 0 Å². The first-order valence-electron chi connectivity index (χ1n) is 3.54. The number of hydrogen-bond acceptors (Lipinski definition) is 2. The van der Waals surface area contributed by atoms with Crippen molar-refractivity contribution in [2.75, 3.05) is 5.88 Å². The number of nitrogens with zero attached hydrogens (tertiary/aromatic N) is 1. The molecule has 3 heteroatoms. The van der Waals surface area contributed by atoms with Gasteiger partial charge in [-0.15, -0.1) is 11.6 Å². The van der Waals surface area contributed by atoms with E-state index in [1.807, 2.05) is 6.92 Å². The van der Waals surface area contributed by atoms with Crippen LogP contribution < -0.4 is 0 Å². The Morgan fingerprint density at radius 1 is 1.40 bits per heavy atom. The molecule has 0 fully saturated rings. The van der Waals surface area contributed by atoms with Gasteiger partial charge in [-0.3, -0.25) is 0 Å². The molecule has 0 heterocycles. The number of halogens is 1. The first kappa shape index (κ1) is 9.76. The molecule has 0 bridgehead atoms. The van der Waals surface area contributed by atoms with Gasteiger partial charge in [-0.2, -0.15) is 0 Å². The third kappa shape index (κ3) is 5.89. The summed E-state index contributed by atoms with van der Waals surface area (Å²) in [5.41, 5.74) is 0.801. The zero-order chi connectivity index (χ0) is 7.82. The van der Waals surface area contributed by atoms with Crippen LogP contribution in [0.2, 0.25) is 0 Å². The number of oxime groups is 1. The van der Waals surface area contributed by atoms with Gasteiger partial charge in [-0.05, 0) is 26.2 Å². The molecule has 0 aromatic carbocycles. The predicted molar refractivity (Wildman–Crippen MR) is 44.1 cm³/mol. The second kappa shape index (κ2) is 6.87. The van der Waals surface area contributed by atoms with E-state index in [2.05, 4.69) is 5.16 Å². The maximum atomic E-state index is 8.25. The molecule has 1 N–H and O–H groups in total. The third-order valence-corrected chi connectivity index (χ3v) is 1.61. The lowest BCUT2D eigenvalue weighted by Gasteiger charge is -1.95. The topological polar surface area (TPSA) is 32.6 Å². The molecule has 0 unspecified atom stereocenters. The lowest BCUT2D eigenvalue weighted by molar-refractivity contribution is 0.317. The Bertz CT molecular complexity index is 104. The summed E-state index contributed by atoms with van der Waals surface area (Å²) in [6, 6.07) is 0. The molecule has 2 nitrogen and oxygen atoms in total. The van der Waals surface area contributed by atoms with Crippen LogP contribution in [0, 0.1) is 0 Å². The average molecular weight is 164 g/mol. The first-order chi connectivity index (χ1) is 4.81. The van der Waals surface area contributed by atoms with Crippen LogP contribution in [-0.2, 0) is 0 Å². The summed E-state index contributed by atoms with van der Waals surface area (Å²) in [7, 11) is 0. The summed E-state index contributed by atoms with van der Waals surface area (Å²) in [6.07, 6.45) is 4.13. The van der Waals surface area contributed by atoms with Crippen molar-refractivity contribution in [2.45, 2.75) is 32.6 Å². The monoisotopic (exact) mass is 163 g/mol. The van der Waals surface area contributed by atoms with E-state index >= 15 is 0 Å². The molecular formula is C7H14ClNO. The van der Waals surface area contributed by atoms with Gasteiger partial charge in [0, 0.05) is 5.88 Å². The highest BCUT2D eigenvalue weighted by molar-refractivity contribution is 6.17. The van der Waals surface area contributed by atoms with Crippen molar-refractivity contribution in [3.8, 4) is 0 Å². The van der Waals surface area contributed by atoms with Crippen molar-refractivity contribution in [3.05, 3.63) is 0 Å². The summed E-state index contributed by atoms with van der Waals surface area (Å²) >= 11 is 5.47. The number of hydrogen-bond donors (Lipinski definition) is 1. The van der Waals surface area contributed by atoms with Gasteiger partial charge in [-0.25, -0.2) is 0 Å². The molecule has 0 aromatic rings. The summed E-state index contributed by atoms with van der Waals surface area (Å²) < 4.78 is 0. The fourth-order valence-corrected chi connectivity index (χ4v) is 0.891. The number of rotatable bonds is 5. The van der Waals surface area contributed by atoms with Crippen LogP contribution >= 0.6 is 11.6 Å². The molecule has 0 aliphatic rings. The molecule has 0 aliphatic heterocycles. The van der Waals surface area contributed by atoms with Crippen LogP contribution in [-0.4, -0.2) is 16.8 Å². The third-order valence-electron chi connectivity index (χ3n) is 1.34. The molecule has 0 aromatic heterocycles. The zero-order valence-electron chi connectivity index (χ0n) is 6.31. The van der Waals surface area contributed by atoms with E-state index in [0.717, 1.165) is 37.3 Å². The van der Waals surface area contributed by atoms with Gasteiger partial charge in [-0.1, -0.05) is 11.6 Å². The Labute approximate surface area is 66.9 Å². The summed E-state index contributed by atoms with van der Waals surface area (Å²) in [5.74, 6) is 0.731. The van der Waals surface area contributed by atoms with Crippen molar-refractivity contribution >= 4 is 17.3 Å². The molecule has 0 spiro atoms. The maximum absolute atomic E-state index is 8.25. The highest BCUT2D eigenvalue weighted by Crippen LogP contribution is 2.01.